The number of halogens is 1. The number of hydrogen-bond acceptors (Lipinski definition) is 3. The van der Waals surface area contributed by atoms with Crippen LogP contribution in [0, 0.1) is 6.92 Å². The Labute approximate surface area is 147 Å². The molecule has 0 radical (unpaired) electrons. The van der Waals surface area contributed by atoms with Crippen LogP contribution in [-0.4, -0.2) is 25.2 Å². The third kappa shape index (κ3) is 5.46. The summed E-state index contributed by atoms with van der Waals surface area (Å²) in [6.07, 6.45) is 0.0831. The van der Waals surface area contributed by atoms with Crippen molar-refractivity contribution in [2.45, 2.75) is 26.4 Å². The molecule has 1 unspecified atom stereocenters. The van der Waals surface area contributed by atoms with E-state index in [0.29, 0.717) is 24.6 Å². The average Bonchev–Trinajstić information content (AvgIpc) is 2.59. The van der Waals surface area contributed by atoms with E-state index in [-0.39, 0.29) is 5.91 Å². The molecular weight excluding hydrogens is 326 g/mol. The lowest BCUT2D eigenvalue weighted by molar-refractivity contribution is -0.128. The van der Waals surface area contributed by atoms with Crippen LogP contribution in [0.2, 0.25) is 5.02 Å². The van der Waals surface area contributed by atoms with E-state index >= 15 is 0 Å². The van der Waals surface area contributed by atoms with Crippen LogP contribution in [0.25, 0.3) is 0 Å². The summed E-state index contributed by atoms with van der Waals surface area (Å²) in [5.41, 5.74) is 1.01. The van der Waals surface area contributed by atoms with Crippen LogP contribution in [0.15, 0.2) is 48.5 Å². The molecule has 2 aromatic carbocycles. The number of para-hydroxylation sites is 1. The van der Waals surface area contributed by atoms with Gasteiger partial charge in [-0.1, -0.05) is 36.7 Å². The van der Waals surface area contributed by atoms with Crippen LogP contribution in [0.4, 0.5) is 0 Å². The number of aryl methyl sites for hydroxylation is 1. The lowest BCUT2D eigenvalue weighted by atomic mass is 10.2. The van der Waals surface area contributed by atoms with E-state index in [9.17, 15) is 4.79 Å². The number of nitrogens with one attached hydrogen (secondary N) is 1. The molecule has 0 aliphatic rings. The van der Waals surface area contributed by atoms with Crippen LogP contribution >= 0.6 is 11.6 Å². The van der Waals surface area contributed by atoms with Crippen LogP contribution in [0.3, 0.4) is 0 Å². The Morgan fingerprint density at radius 2 is 1.88 bits per heavy atom. The summed E-state index contributed by atoms with van der Waals surface area (Å²) in [6, 6.07) is 14.8. The second kappa shape index (κ2) is 9.18. The zero-order valence-corrected chi connectivity index (χ0v) is 14.7. The van der Waals surface area contributed by atoms with Gasteiger partial charge in [0.1, 0.15) is 18.1 Å². The number of amides is 1. The Morgan fingerprint density at radius 1 is 1.17 bits per heavy atom. The fourth-order valence-electron chi connectivity index (χ4n) is 2.15. The van der Waals surface area contributed by atoms with Gasteiger partial charge in [0.25, 0.3) is 5.91 Å². The molecule has 24 heavy (non-hydrogen) atoms. The smallest absolute Gasteiger partial charge is 0.261 e. The van der Waals surface area contributed by atoms with Gasteiger partial charge in [-0.2, -0.15) is 0 Å². The number of carbonyl (C=O) groups is 1. The molecule has 5 heteroatoms. The third-order valence-corrected chi connectivity index (χ3v) is 3.76. The lowest BCUT2D eigenvalue weighted by Crippen LogP contribution is -2.39. The quantitative estimate of drug-likeness (QED) is 0.734. The topological polar surface area (TPSA) is 47.6 Å². The molecule has 2 aromatic rings. The molecule has 0 fully saturated rings. The SMILES string of the molecule is CCC(Oc1ccccc1C)C(=O)NCCOc1ccc(Cl)cc1. The van der Waals surface area contributed by atoms with Crippen LogP contribution in [0.1, 0.15) is 18.9 Å². The summed E-state index contributed by atoms with van der Waals surface area (Å²) in [5.74, 6) is 1.31. The fourth-order valence-corrected chi connectivity index (χ4v) is 2.28. The van der Waals surface area contributed by atoms with Crippen molar-refractivity contribution < 1.29 is 14.3 Å². The van der Waals surface area contributed by atoms with Gasteiger partial charge in [-0.05, 0) is 49.2 Å². The maximum Gasteiger partial charge on any atom is 0.261 e. The van der Waals surface area contributed by atoms with Crippen molar-refractivity contribution in [2.24, 2.45) is 0 Å². The van der Waals surface area contributed by atoms with E-state index in [2.05, 4.69) is 5.32 Å². The van der Waals surface area contributed by atoms with Crippen molar-refractivity contribution in [3.63, 3.8) is 0 Å². The molecule has 0 heterocycles. The molecule has 1 amide bonds. The van der Waals surface area contributed by atoms with Gasteiger partial charge in [0.05, 0.1) is 6.54 Å². The van der Waals surface area contributed by atoms with E-state index in [1.165, 1.54) is 0 Å². The lowest BCUT2D eigenvalue weighted by Gasteiger charge is -2.18. The molecule has 1 N–H and O–H groups in total. The van der Waals surface area contributed by atoms with E-state index in [1.807, 2.05) is 38.1 Å². The number of carbonyl (C=O) groups excluding carboxylic acids is 1. The average molecular weight is 348 g/mol. The molecule has 0 bridgehead atoms. The third-order valence-electron chi connectivity index (χ3n) is 3.51. The van der Waals surface area contributed by atoms with Crippen molar-refractivity contribution in [3.05, 3.63) is 59.1 Å². The Kier molecular flexibility index (Phi) is 6.94. The molecule has 128 valence electrons. The minimum Gasteiger partial charge on any atom is -0.492 e. The number of hydrogen-bond donors (Lipinski definition) is 1. The fraction of sp³-hybridized carbons (Fsp3) is 0.316. The van der Waals surface area contributed by atoms with Gasteiger partial charge in [-0.3, -0.25) is 4.79 Å². The van der Waals surface area contributed by atoms with E-state index in [1.54, 1.807) is 24.3 Å². The number of rotatable bonds is 8. The van der Waals surface area contributed by atoms with E-state index in [0.717, 1.165) is 17.1 Å². The van der Waals surface area contributed by atoms with Gasteiger partial charge in [0.2, 0.25) is 0 Å². The Morgan fingerprint density at radius 3 is 2.54 bits per heavy atom. The van der Waals surface area contributed by atoms with Gasteiger partial charge in [0, 0.05) is 5.02 Å². The van der Waals surface area contributed by atoms with Crippen molar-refractivity contribution in [1.29, 1.82) is 0 Å². The predicted molar refractivity (Wildman–Crippen MR) is 95.8 cm³/mol. The van der Waals surface area contributed by atoms with Crippen LogP contribution in [-0.2, 0) is 4.79 Å². The van der Waals surface area contributed by atoms with Gasteiger partial charge in [-0.25, -0.2) is 0 Å². The van der Waals surface area contributed by atoms with Crippen molar-refractivity contribution >= 4 is 17.5 Å². The monoisotopic (exact) mass is 347 g/mol. The van der Waals surface area contributed by atoms with Crippen molar-refractivity contribution in [2.75, 3.05) is 13.2 Å². The van der Waals surface area contributed by atoms with Gasteiger partial charge in [0.15, 0.2) is 6.10 Å². The Balaban J connectivity index is 1.77. The van der Waals surface area contributed by atoms with Crippen molar-refractivity contribution in [3.8, 4) is 11.5 Å². The molecule has 0 aliphatic heterocycles. The standard InChI is InChI=1S/C19H22ClNO3/c1-3-17(24-18-7-5-4-6-14(18)2)19(22)21-12-13-23-16-10-8-15(20)9-11-16/h4-11,17H,3,12-13H2,1-2H3,(H,21,22). The van der Waals surface area contributed by atoms with Crippen molar-refractivity contribution in [1.82, 2.24) is 5.32 Å². The summed E-state index contributed by atoms with van der Waals surface area (Å²) >= 11 is 5.82. The molecule has 1 atom stereocenters. The zero-order valence-electron chi connectivity index (χ0n) is 13.9. The second-order valence-corrected chi connectivity index (χ2v) is 5.81. The normalized spacial score (nSPS) is 11.6. The van der Waals surface area contributed by atoms with Gasteiger partial charge >= 0.3 is 0 Å². The summed E-state index contributed by atoms with van der Waals surface area (Å²) in [4.78, 5) is 12.2. The zero-order chi connectivity index (χ0) is 17.4. The first-order valence-electron chi connectivity index (χ1n) is 7.98. The predicted octanol–water partition coefficient (Wildman–Crippen LogP) is 4.00. The number of ether oxygens (including phenoxy) is 2. The Hall–Kier alpha value is -2.20. The minimum absolute atomic E-state index is 0.138. The molecule has 0 aliphatic carbocycles. The van der Waals surface area contributed by atoms with Crippen LogP contribution < -0.4 is 14.8 Å². The summed E-state index contributed by atoms with van der Waals surface area (Å²) in [5, 5.41) is 3.50. The van der Waals surface area contributed by atoms with Gasteiger partial charge in [-0.15, -0.1) is 0 Å². The molecule has 0 saturated heterocycles. The highest BCUT2D eigenvalue weighted by atomic mass is 35.5. The van der Waals surface area contributed by atoms with E-state index in [4.69, 9.17) is 21.1 Å². The maximum atomic E-state index is 12.2. The molecule has 0 aromatic heterocycles. The molecule has 0 saturated carbocycles. The first-order valence-corrected chi connectivity index (χ1v) is 8.36. The highest BCUT2D eigenvalue weighted by Crippen LogP contribution is 2.19. The van der Waals surface area contributed by atoms with E-state index < -0.39 is 6.10 Å². The first kappa shape index (κ1) is 18.1. The summed E-state index contributed by atoms with van der Waals surface area (Å²) in [7, 11) is 0. The Bertz CT molecular complexity index is 658. The highest BCUT2D eigenvalue weighted by Gasteiger charge is 2.18. The molecule has 4 nitrogen and oxygen atoms in total. The highest BCUT2D eigenvalue weighted by molar-refractivity contribution is 6.30. The summed E-state index contributed by atoms with van der Waals surface area (Å²) < 4.78 is 11.4. The number of benzene rings is 2. The largest absolute Gasteiger partial charge is 0.492 e. The minimum atomic E-state index is -0.512. The van der Waals surface area contributed by atoms with Gasteiger partial charge < -0.3 is 14.8 Å². The second-order valence-electron chi connectivity index (χ2n) is 5.37. The molecule has 2 rings (SSSR count). The summed E-state index contributed by atoms with van der Waals surface area (Å²) in [6.45, 7) is 4.68. The molecule has 0 spiro atoms. The van der Waals surface area contributed by atoms with Crippen LogP contribution in [0.5, 0.6) is 11.5 Å². The molecular formula is C19H22ClNO3. The first-order chi connectivity index (χ1) is 11.6. The maximum absolute atomic E-state index is 12.2.